The van der Waals surface area contributed by atoms with Gasteiger partial charge in [0.2, 0.25) is 5.78 Å². The van der Waals surface area contributed by atoms with Crippen LogP contribution < -0.4 is 9.47 Å². The third-order valence-corrected chi connectivity index (χ3v) is 4.80. The van der Waals surface area contributed by atoms with Gasteiger partial charge in [-0.25, -0.2) is 0 Å². The molecule has 4 rings (SSSR count). The maximum Gasteiger partial charge on any atom is 0.231 e. The predicted octanol–water partition coefficient (Wildman–Crippen LogP) is 5.53. The van der Waals surface area contributed by atoms with Gasteiger partial charge in [0.1, 0.15) is 11.5 Å². The number of carbonyl (C=O) groups is 2. The zero-order valence-electron chi connectivity index (χ0n) is 15.6. The number of hydrogen-bond donors (Lipinski definition) is 0. The van der Waals surface area contributed by atoms with Crippen LogP contribution in [0.15, 0.2) is 72.5 Å². The zero-order valence-corrected chi connectivity index (χ0v) is 16.4. The molecule has 0 spiro atoms. The van der Waals surface area contributed by atoms with Crippen molar-refractivity contribution in [3.8, 4) is 11.5 Å². The van der Waals surface area contributed by atoms with Crippen molar-refractivity contribution in [2.24, 2.45) is 0 Å². The molecule has 0 unspecified atom stereocenters. The molecule has 0 saturated carbocycles. The Morgan fingerprint density at radius 1 is 1.03 bits per heavy atom. The molecule has 1 aliphatic heterocycles. The fourth-order valence-electron chi connectivity index (χ4n) is 2.94. The lowest BCUT2D eigenvalue weighted by Crippen LogP contribution is -2.11. The van der Waals surface area contributed by atoms with Crippen molar-refractivity contribution >= 4 is 29.2 Å². The third kappa shape index (κ3) is 4.23. The van der Waals surface area contributed by atoms with Crippen molar-refractivity contribution in [1.29, 1.82) is 0 Å². The summed E-state index contributed by atoms with van der Waals surface area (Å²) in [4.78, 5) is 24.8. The van der Waals surface area contributed by atoms with E-state index in [1.54, 1.807) is 48.5 Å². The SMILES string of the molecule is Cc1ccc(/C=C2\Oc3cc(OCC(=O)c4ccc(Cl)cc4)ccc3C2=O)cc1. The molecule has 0 aromatic heterocycles. The smallest absolute Gasteiger partial charge is 0.231 e. The molecule has 3 aromatic carbocycles. The fraction of sp³-hybridized carbons (Fsp3) is 0.0833. The van der Waals surface area contributed by atoms with Gasteiger partial charge in [0.25, 0.3) is 0 Å². The van der Waals surface area contributed by atoms with E-state index in [0.717, 1.165) is 11.1 Å². The second-order valence-corrected chi connectivity index (χ2v) is 7.16. The number of Topliss-reactive ketones (excluding diaryl/α,β-unsaturated/α-hetero) is 2. The van der Waals surface area contributed by atoms with E-state index in [2.05, 4.69) is 0 Å². The number of rotatable bonds is 5. The van der Waals surface area contributed by atoms with Crippen LogP contribution in [0.2, 0.25) is 5.02 Å². The molecule has 0 fully saturated rings. The van der Waals surface area contributed by atoms with Gasteiger partial charge in [0.05, 0.1) is 5.56 Å². The Morgan fingerprint density at radius 3 is 2.48 bits per heavy atom. The third-order valence-electron chi connectivity index (χ3n) is 4.55. The van der Waals surface area contributed by atoms with E-state index in [1.807, 2.05) is 31.2 Å². The van der Waals surface area contributed by atoms with E-state index in [-0.39, 0.29) is 23.9 Å². The highest BCUT2D eigenvalue weighted by atomic mass is 35.5. The van der Waals surface area contributed by atoms with E-state index < -0.39 is 0 Å². The van der Waals surface area contributed by atoms with E-state index in [1.165, 1.54) is 0 Å². The summed E-state index contributed by atoms with van der Waals surface area (Å²) in [6.07, 6.45) is 1.71. The highest BCUT2D eigenvalue weighted by molar-refractivity contribution is 6.30. The Morgan fingerprint density at radius 2 is 1.76 bits per heavy atom. The largest absolute Gasteiger partial charge is 0.485 e. The van der Waals surface area contributed by atoms with Crippen molar-refractivity contribution in [1.82, 2.24) is 0 Å². The van der Waals surface area contributed by atoms with Crippen molar-refractivity contribution in [3.63, 3.8) is 0 Å². The molecule has 29 heavy (non-hydrogen) atoms. The first-order valence-corrected chi connectivity index (χ1v) is 9.44. The predicted molar refractivity (Wildman–Crippen MR) is 112 cm³/mol. The standard InChI is InChI=1S/C24H17ClO4/c1-15-2-4-16(5-3-15)12-23-24(27)20-11-10-19(13-22(20)29-23)28-14-21(26)17-6-8-18(25)9-7-17/h2-13H,14H2,1H3/b23-12-. The minimum absolute atomic E-state index is 0.125. The van der Waals surface area contributed by atoms with Gasteiger partial charge in [0.15, 0.2) is 18.1 Å². The summed E-state index contributed by atoms with van der Waals surface area (Å²) < 4.78 is 11.3. The molecule has 3 aromatic rings. The average molecular weight is 405 g/mol. The van der Waals surface area contributed by atoms with Crippen LogP contribution in [0.4, 0.5) is 0 Å². The Balaban J connectivity index is 1.46. The van der Waals surface area contributed by atoms with E-state index >= 15 is 0 Å². The zero-order chi connectivity index (χ0) is 20.4. The number of hydrogen-bond acceptors (Lipinski definition) is 4. The molecule has 1 aliphatic rings. The molecule has 0 saturated heterocycles. The van der Waals surface area contributed by atoms with Gasteiger partial charge in [-0.15, -0.1) is 0 Å². The molecule has 0 bridgehead atoms. The van der Waals surface area contributed by atoms with Crippen LogP contribution in [0.25, 0.3) is 6.08 Å². The van der Waals surface area contributed by atoms with E-state index in [9.17, 15) is 9.59 Å². The molecule has 4 nitrogen and oxygen atoms in total. The van der Waals surface area contributed by atoms with Crippen LogP contribution in [0.3, 0.4) is 0 Å². The van der Waals surface area contributed by atoms with Crippen molar-refractivity contribution in [3.05, 3.63) is 99.8 Å². The van der Waals surface area contributed by atoms with Crippen LogP contribution in [0.5, 0.6) is 11.5 Å². The monoisotopic (exact) mass is 404 g/mol. The van der Waals surface area contributed by atoms with Crippen molar-refractivity contribution < 1.29 is 19.1 Å². The number of fused-ring (bicyclic) bond motifs is 1. The summed E-state index contributed by atoms with van der Waals surface area (Å²) in [6, 6.07) is 19.4. The van der Waals surface area contributed by atoms with Crippen LogP contribution in [0, 0.1) is 6.92 Å². The number of benzene rings is 3. The fourth-order valence-corrected chi connectivity index (χ4v) is 3.07. The first-order valence-electron chi connectivity index (χ1n) is 9.06. The van der Waals surface area contributed by atoms with Gasteiger partial charge in [-0.2, -0.15) is 0 Å². The molecule has 0 radical (unpaired) electrons. The second kappa shape index (κ2) is 7.94. The van der Waals surface area contributed by atoms with E-state index in [4.69, 9.17) is 21.1 Å². The van der Waals surface area contributed by atoms with Crippen LogP contribution in [-0.2, 0) is 0 Å². The van der Waals surface area contributed by atoms with Gasteiger partial charge in [0, 0.05) is 16.7 Å². The van der Waals surface area contributed by atoms with E-state index in [0.29, 0.717) is 27.6 Å². The minimum Gasteiger partial charge on any atom is -0.485 e. The molecule has 0 N–H and O–H groups in total. The summed E-state index contributed by atoms with van der Waals surface area (Å²) in [7, 11) is 0. The van der Waals surface area contributed by atoms with Gasteiger partial charge in [-0.05, 0) is 55.0 Å². The summed E-state index contributed by atoms with van der Waals surface area (Å²) in [5, 5.41) is 0.567. The van der Waals surface area contributed by atoms with Crippen molar-refractivity contribution in [2.45, 2.75) is 6.92 Å². The first kappa shape index (κ1) is 19.0. The first-order chi connectivity index (χ1) is 14.0. The number of aryl methyl sites for hydroxylation is 1. The molecular formula is C24H17ClO4. The molecular weight excluding hydrogens is 388 g/mol. The molecule has 144 valence electrons. The quantitative estimate of drug-likeness (QED) is 0.414. The summed E-state index contributed by atoms with van der Waals surface area (Å²) in [6.45, 7) is 1.88. The molecule has 0 amide bonds. The molecule has 5 heteroatoms. The Bertz CT molecular complexity index is 1110. The van der Waals surface area contributed by atoms with Gasteiger partial charge in [-0.1, -0.05) is 41.4 Å². The van der Waals surface area contributed by atoms with Crippen molar-refractivity contribution in [2.75, 3.05) is 6.61 Å². The Hall–Kier alpha value is -3.37. The van der Waals surface area contributed by atoms with Crippen LogP contribution in [-0.4, -0.2) is 18.2 Å². The molecule has 1 heterocycles. The lowest BCUT2D eigenvalue weighted by molar-refractivity contribution is 0.0921. The average Bonchev–Trinajstić information content (AvgIpc) is 3.03. The lowest BCUT2D eigenvalue weighted by atomic mass is 10.1. The number of allylic oxidation sites excluding steroid dienone is 1. The lowest BCUT2D eigenvalue weighted by Gasteiger charge is -2.07. The normalized spacial score (nSPS) is 13.9. The Kier molecular flexibility index (Phi) is 5.19. The highest BCUT2D eigenvalue weighted by Gasteiger charge is 2.27. The summed E-state index contributed by atoms with van der Waals surface area (Å²) in [5.74, 6) is 0.793. The number of carbonyl (C=O) groups excluding carboxylic acids is 2. The highest BCUT2D eigenvalue weighted by Crippen LogP contribution is 2.35. The van der Waals surface area contributed by atoms with Gasteiger partial charge < -0.3 is 9.47 Å². The summed E-state index contributed by atoms with van der Waals surface area (Å²) >= 11 is 5.84. The maximum atomic E-state index is 12.6. The molecule has 0 aliphatic carbocycles. The Labute approximate surface area is 173 Å². The van der Waals surface area contributed by atoms with Gasteiger partial charge in [-0.3, -0.25) is 9.59 Å². The van der Waals surface area contributed by atoms with Gasteiger partial charge >= 0.3 is 0 Å². The van der Waals surface area contributed by atoms with Crippen LogP contribution >= 0.6 is 11.6 Å². The second-order valence-electron chi connectivity index (χ2n) is 6.73. The van der Waals surface area contributed by atoms with Crippen LogP contribution in [0.1, 0.15) is 31.8 Å². The molecule has 0 atom stereocenters. The minimum atomic E-state index is -0.177. The number of ketones is 2. The summed E-state index contributed by atoms with van der Waals surface area (Å²) in [5.41, 5.74) is 3.02. The number of halogens is 1. The maximum absolute atomic E-state index is 12.6. The topological polar surface area (TPSA) is 52.6 Å². The number of ether oxygens (including phenoxy) is 2.